The maximum atomic E-state index is 13.9. The third-order valence-corrected chi connectivity index (χ3v) is 6.87. The number of carbonyl (C=O) groups excluding carboxylic acids is 1. The highest BCUT2D eigenvalue weighted by Gasteiger charge is 2.34. The number of pyridine rings is 1. The van der Waals surface area contributed by atoms with Gasteiger partial charge in [0.1, 0.15) is 16.6 Å². The number of nitrogens with zero attached hydrogens (tertiary/aromatic N) is 3. The number of fused-ring (bicyclic) bond motifs is 1. The van der Waals surface area contributed by atoms with E-state index < -0.39 is 17.6 Å². The zero-order chi connectivity index (χ0) is 27.6. The predicted octanol–water partition coefficient (Wildman–Crippen LogP) is 4.10. The molecule has 5 rings (SSSR count). The number of piperazine rings is 1. The zero-order valence-corrected chi connectivity index (χ0v) is 21.6. The molecule has 1 fully saturated rings. The standard InChI is InChI=1S/C29H27F3N6O/c1-19-3-4-21(13-20(19)5-6-22-15-33-16-26-27(22)35-18-34-26)28(39)36-24-8-7-23(25(14-24)29(30,31)32)17-38-11-9-37(2)10-12-38/h3-4,7-8,13-16,18H,9-12,17H2,1-2H3,(H,34,35)(H,36,39)/p+1. The van der Waals surface area contributed by atoms with Crippen LogP contribution >= 0.6 is 0 Å². The Bertz CT molecular complexity index is 1580. The van der Waals surface area contributed by atoms with Gasteiger partial charge in [0.15, 0.2) is 12.4 Å². The van der Waals surface area contributed by atoms with Gasteiger partial charge in [0, 0.05) is 49.5 Å². The molecule has 1 aliphatic heterocycles. The molecule has 4 aromatic rings. The van der Waals surface area contributed by atoms with Crippen molar-refractivity contribution >= 4 is 22.6 Å². The molecule has 3 N–H and O–H groups in total. The van der Waals surface area contributed by atoms with Crippen LogP contribution in [0.4, 0.5) is 18.9 Å². The Hall–Kier alpha value is -4.20. The summed E-state index contributed by atoms with van der Waals surface area (Å²) in [6.07, 6.45) is 0.577. The fourth-order valence-corrected chi connectivity index (χ4v) is 4.54. The summed E-state index contributed by atoms with van der Waals surface area (Å²) in [5, 5.41) is 2.62. The van der Waals surface area contributed by atoms with E-state index in [1.807, 2.05) is 18.9 Å². The first-order valence-corrected chi connectivity index (χ1v) is 12.6. The molecule has 0 radical (unpaired) electrons. The molecule has 10 heteroatoms. The van der Waals surface area contributed by atoms with Crippen molar-refractivity contribution in [3.63, 3.8) is 0 Å². The topological polar surface area (TPSA) is 78.4 Å². The molecule has 2 aromatic heterocycles. The molecule has 3 heterocycles. The van der Waals surface area contributed by atoms with Crippen molar-refractivity contribution < 1.29 is 22.9 Å². The highest BCUT2D eigenvalue weighted by atomic mass is 19.4. The number of alkyl halides is 3. The number of amides is 1. The lowest BCUT2D eigenvalue weighted by atomic mass is 10.0. The Morgan fingerprint density at radius 1 is 1.08 bits per heavy atom. The summed E-state index contributed by atoms with van der Waals surface area (Å²) in [5.74, 6) is 5.66. The van der Waals surface area contributed by atoms with Crippen molar-refractivity contribution in [3.05, 3.63) is 88.5 Å². The number of rotatable bonds is 4. The van der Waals surface area contributed by atoms with Crippen LogP contribution in [0.5, 0.6) is 0 Å². The van der Waals surface area contributed by atoms with Crippen molar-refractivity contribution in [2.24, 2.45) is 0 Å². The number of anilines is 1. The van der Waals surface area contributed by atoms with E-state index >= 15 is 0 Å². The van der Waals surface area contributed by atoms with Gasteiger partial charge in [-0.15, -0.1) is 0 Å². The SMILES string of the molecule is Cc1ccc(C(=O)Nc2ccc(CN3CCN(C)CC3)c(C(F)(F)F)c2)cc1C#Cc1c[nH+]cc2[nH]cnc12. The Labute approximate surface area is 224 Å². The maximum absolute atomic E-state index is 13.9. The summed E-state index contributed by atoms with van der Waals surface area (Å²) >= 11 is 0. The van der Waals surface area contributed by atoms with Crippen molar-refractivity contribution in [2.45, 2.75) is 19.6 Å². The van der Waals surface area contributed by atoms with E-state index in [2.05, 4.69) is 37.0 Å². The first-order valence-electron chi connectivity index (χ1n) is 12.6. The molecule has 2 aromatic carbocycles. The summed E-state index contributed by atoms with van der Waals surface area (Å²) < 4.78 is 41.8. The van der Waals surface area contributed by atoms with Crippen LogP contribution in [0.2, 0.25) is 0 Å². The molecule has 200 valence electrons. The third-order valence-electron chi connectivity index (χ3n) is 6.87. The predicted molar refractivity (Wildman–Crippen MR) is 142 cm³/mol. The van der Waals surface area contributed by atoms with E-state index in [9.17, 15) is 18.0 Å². The van der Waals surface area contributed by atoms with Gasteiger partial charge in [-0.2, -0.15) is 13.2 Å². The second-order valence-electron chi connectivity index (χ2n) is 9.72. The van der Waals surface area contributed by atoms with Crippen LogP contribution in [0, 0.1) is 18.8 Å². The van der Waals surface area contributed by atoms with Crippen molar-refractivity contribution in [3.8, 4) is 11.8 Å². The quantitative estimate of drug-likeness (QED) is 0.387. The molecule has 0 spiro atoms. The van der Waals surface area contributed by atoms with E-state index in [-0.39, 0.29) is 17.8 Å². The number of hydrogen-bond acceptors (Lipinski definition) is 4. The van der Waals surface area contributed by atoms with Crippen LogP contribution in [-0.4, -0.2) is 58.9 Å². The summed E-state index contributed by atoms with van der Waals surface area (Å²) in [7, 11) is 2.00. The third kappa shape index (κ3) is 6.11. The molecule has 0 unspecified atom stereocenters. The van der Waals surface area contributed by atoms with Gasteiger partial charge < -0.3 is 15.2 Å². The number of aromatic nitrogens is 3. The van der Waals surface area contributed by atoms with E-state index in [1.165, 1.54) is 12.1 Å². The number of H-pyrrole nitrogens is 2. The number of likely N-dealkylation sites (N-methyl/N-ethyl adjacent to an activating group) is 1. The number of benzene rings is 2. The molecule has 1 aliphatic rings. The van der Waals surface area contributed by atoms with E-state index in [0.717, 1.165) is 35.8 Å². The van der Waals surface area contributed by atoms with Gasteiger partial charge in [-0.25, -0.2) is 9.97 Å². The Balaban J connectivity index is 1.35. The van der Waals surface area contributed by atoms with Crippen molar-refractivity contribution in [1.29, 1.82) is 0 Å². The fraction of sp³-hybridized carbons (Fsp3) is 0.276. The van der Waals surface area contributed by atoms with Gasteiger partial charge in [0.05, 0.1) is 11.9 Å². The summed E-state index contributed by atoms with van der Waals surface area (Å²) in [4.78, 5) is 27.5. The molecule has 0 aliphatic carbocycles. The minimum absolute atomic E-state index is 0.0865. The van der Waals surface area contributed by atoms with Crippen LogP contribution in [0.3, 0.4) is 0 Å². The average molecular weight is 534 g/mol. The number of hydrogen-bond donors (Lipinski definition) is 2. The van der Waals surface area contributed by atoms with Gasteiger partial charge in [0.25, 0.3) is 5.91 Å². The molecular formula is C29H28F3N6O+. The zero-order valence-electron chi connectivity index (χ0n) is 21.6. The minimum Gasteiger partial charge on any atom is -0.340 e. The summed E-state index contributed by atoms with van der Waals surface area (Å²) in [5.41, 5.74) is 3.58. The highest BCUT2D eigenvalue weighted by Crippen LogP contribution is 2.34. The highest BCUT2D eigenvalue weighted by molar-refractivity contribution is 6.04. The van der Waals surface area contributed by atoms with Crippen LogP contribution in [0.1, 0.15) is 38.2 Å². The Morgan fingerprint density at radius 3 is 2.62 bits per heavy atom. The lowest BCUT2D eigenvalue weighted by molar-refractivity contribution is -0.376. The summed E-state index contributed by atoms with van der Waals surface area (Å²) in [6, 6.07) is 9.02. The molecule has 0 bridgehead atoms. The molecule has 0 atom stereocenters. The number of aromatic amines is 2. The van der Waals surface area contributed by atoms with Crippen molar-refractivity contribution in [1.82, 2.24) is 19.8 Å². The first-order chi connectivity index (χ1) is 18.7. The van der Waals surface area contributed by atoms with Crippen molar-refractivity contribution in [2.75, 3.05) is 38.5 Å². The number of nitrogens with one attached hydrogen (secondary N) is 3. The number of halogens is 3. The van der Waals surface area contributed by atoms with Gasteiger partial charge in [-0.05, 0) is 49.4 Å². The second-order valence-corrected chi connectivity index (χ2v) is 9.72. The number of aryl methyl sites for hydroxylation is 1. The molecule has 1 saturated heterocycles. The van der Waals surface area contributed by atoms with Crippen LogP contribution < -0.4 is 10.3 Å². The van der Waals surface area contributed by atoms with Crippen LogP contribution in [0.25, 0.3) is 11.0 Å². The average Bonchev–Trinajstić information content (AvgIpc) is 3.39. The molecular weight excluding hydrogens is 505 g/mol. The molecule has 1 amide bonds. The van der Waals surface area contributed by atoms with Crippen LogP contribution in [-0.2, 0) is 12.7 Å². The lowest BCUT2D eigenvalue weighted by Gasteiger charge is -2.33. The number of carbonyl (C=O) groups is 1. The molecule has 0 saturated carbocycles. The normalized spacial score (nSPS) is 14.7. The van der Waals surface area contributed by atoms with Gasteiger partial charge >= 0.3 is 6.18 Å². The lowest BCUT2D eigenvalue weighted by Crippen LogP contribution is -2.44. The first kappa shape index (κ1) is 26.4. The van der Waals surface area contributed by atoms with Gasteiger partial charge in [0.2, 0.25) is 0 Å². The Morgan fingerprint density at radius 2 is 1.85 bits per heavy atom. The van der Waals surface area contributed by atoms with E-state index in [0.29, 0.717) is 29.8 Å². The van der Waals surface area contributed by atoms with E-state index in [1.54, 1.807) is 36.9 Å². The number of imidazole rings is 1. The van der Waals surface area contributed by atoms with E-state index in [4.69, 9.17) is 0 Å². The minimum atomic E-state index is -4.54. The molecule has 39 heavy (non-hydrogen) atoms. The largest absolute Gasteiger partial charge is 0.416 e. The maximum Gasteiger partial charge on any atom is 0.416 e. The van der Waals surface area contributed by atoms with Gasteiger partial charge in [-0.1, -0.05) is 24.0 Å². The molecule has 7 nitrogen and oxygen atoms in total. The fourth-order valence-electron chi connectivity index (χ4n) is 4.54. The Kier molecular flexibility index (Phi) is 7.37. The second kappa shape index (κ2) is 10.9. The monoisotopic (exact) mass is 533 g/mol. The summed E-state index contributed by atoms with van der Waals surface area (Å²) in [6.45, 7) is 5.13. The van der Waals surface area contributed by atoms with Gasteiger partial charge in [-0.3, -0.25) is 9.69 Å². The van der Waals surface area contributed by atoms with Crippen LogP contribution in [0.15, 0.2) is 55.1 Å². The smallest absolute Gasteiger partial charge is 0.340 e.